The molecule has 5 heteroatoms. The molecule has 1 unspecified atom stereocenters. The van der Waals surface area contributed by atoms with Gasteiger partial charge < -0.3 is 10.2 Å². The maximum atomic E-state index is 13.4. The summed E-state index contributed by atoms with van der Waals surface area (Å²) in [5.74, 6) is 0.501. The Morgan fingerprint density at radius 3 is 2.95 bits per heavy atom. The van der Waals surface area contributed by atoms with E-state index >= 15 is 0 Å². The molecular weight excluding hydrogens is 279 g/mol. The van der Waals surface area contributed by atoms with E-state index in [-0.39, 0.29) is 11.9 Å². The van der Waals surface area contributed by atoms with E-state index in [0.717, 1.165) is 31.6 Å². The molecule has 0 radical (unpaired) electrons. The predicted octanol–water partition coefficient (Wildman–Crippen LogP) is 3.17. The highest BCUT2D eigenvalue weighted by Crippen LogP contribution is 2.22. The van der Waals surface area contributed by atoms with Gasteiger partial charge in [-0.05, 0) is 43.2 Å². The molecule has 4 nitrogen and oxygen atoms in total. The fourth-order valence-corrected chi connectivity index (χ4v) is 2.79. The molecular formula is C17H17FN4. The molecule has 1 N–H and O–H groups in total. The summed E-state index contributed by atoms with van der Waals surface area (Å²) in [5, 5.41) is 12.3. The average molecular weight is 296 g/mol. The zero-order valence-electron chi connectivity index (χ0n) is 12.2. The monoisotopic (exact) mass is 296 g/mol. The van der Waals surface area contributed by atoms with E-state index < -0.39 is 0 Å². The van der Waals surface area contributed by atoms with Crippen LogP contribution in [0, 0.1) is 17.1 Å². The molecule has 22 heavy (non-hydrogen) atoms. The molecule has 0 amide bonds. The average Bonchev–Trinajstić information content (AvgIpc) is 2.55. The maximum absolute atomic E-state index is 13.4. The van der Waals surface area contributed by atoms with Crippen LogP contribution < -0.4 is 10.2 Å². The van der Waals surface area contributed by atoms with Crippen molar-refractivity contribution in [3.8, 4) is 6.07 Å². The van der Waals surface area contributed by atoms with Crippen LogP contribution in [0.1, 0.15) is 18.5 Å². The molecule has 0 saturated carbocycles. The molecule has 112 valence electrons. The normalized spacial score (nSPS) is 17.8. The van der Waals surface area contributed by atoms with Gasteiger partial charge in [0.2, 0.25) is 0 Å². The van der Waals surface area contributed by atoms with E-state index in [1.807, 2.05) is 24.3 Å². The lowest BCUT2D eigenvalue weighted by molar-refractivity contribution is 0.527. The minimum absolute atomic E-state index is 0.212. The fourth-order valence-electron chi connectivity index (χ4n) is 2.79. The summed E-state index contributed by atoms with van der Waals surface area (Å²) in [5.41, 5.74) is 1.31. The van der Waals surface area contributed by atoms with Gasteiger partial charge in [0.1, 0.15) is 23.4 Å². The van der Waals surface area contributed by atoms with Gasteiger partial charge in [0.25, 0.3) is 0 Å². The molecule has 1 aromatic heterocycles. The van der Waals surface area contributed by atoms with E-state index in [2.05, 4.69) is 15.2 Å². The number of piperidine rings is 1. The first-order valence-electron chi connectivity index (χ1n) is 7.39. The number of nitriles is 1. The summed E-state index contributed by atoms with van der Waals surface area (Å²) in [7, 11) is 0. The van der Waals surface area contributed by atoms with Crippen molar-refractivity contribution in [3.05, 3.63) is 54.0 Å². The molecule has 1 aliphatic rings. The number of nitrogens with zero attached hydrogens (tertiary/aromatic N) is 3. The Morgan fingerprint density at radius 2 is 2.14 bits per heavy atom. The van der Waals surface area contributed by atoms with Crippen LogP contribution in [0.3, 0.4) is 0 Å². The van der Waals surface area contributed by atoms with Crippen molar-refractivity contribution in [2.24, 2.45) is 0 Å². The summed E-state index contributed by atoms with van der Waals surface area (Å²) in [6.45, 7) is 1.72. The topological polar surface area (TPSA) is 52.0 Å². The van der Waals surface area contributed by atoms with Crippen LogP contribution in [0.4, 0.5) is 15.9 Å². The smallest absolute Gasteiger partial charge is 0.142 e. The Kier molecular flexibility index (Phi) is 4.19. The second-order valence-electron chi connectivity index (χ2n) is 5.43. The number of hydrogen-bond acceptors (Lipinski definition) is 4. The van der Waals surface area contributed by atoms with Crippen molar-refractivity contribution in [1.82, 2.24) is 4.98 Å². The summed E-state index contributed by atoms with van der Waals surface area (Å²) in [6, 6.07) is 14.3. The zero-order valence-corrected chi connectivity index (χ0v) is 12.2. The molecule has 1 aliphatic heterocycles. The lowest BCUT2D eigenvalue weighted by Gasteiger charge is -2.35. The minimum atomic E-state index is -0.212. The van der Waals surface area contributed by atoms with E-state index in [4.69, 9.17) is 5.26 Å². The maximum Gasteiger partial charge on any atom is 0.142 e. The number of anilines is 2. The third-order valence-electron chi connectivity index (χ3n) is 3.81. The third kappa shape index (κ3) is 3.34. The van der Waals surface area contributed by atoms with Crippen molar-refractivity contribution >= 4 is 11.5 Å². The number of nitrogens with one attached hydrogen (secondary N) is 1. The van der Waals surface area contributed by atoms with Gasteiger partial charge in [-0.1, -0.05) is 12.1 Å². The molecule has 3 rings (SSSR count). The highest BCUT2D eigenvalue weighted by Gasteiger charge is 2.20. The lowest BCUT2D eigenvalue weighted by atomic mass is 10.0. The number of hydrogen-bond donors (Lipinski definition) is 1. The van der Waals surface area contributed by atoms with E-state index in [1.165, 1.54) is 6.07 Å². The third-order valence-corrected chi connectivity index (χ3v) is 3.81. The van der Waals surface area contributed by atoms with Gasteiger partial charge >= 0.3 is 0 Å². The van der Waals surface area contributed by atoms with E-state index in [1.54, 1.807) is 18.2 Å². The van der Waals surface area contributed by atoms with Gasteiger partial charge in [-0.15, -0.1) is 0 Å². The van der Waals surface area contributed by atoms with Crippen LogP contribution in [-0.4, -0.2) is 24.1 Å². The Balaban J connectivity index is 1.69. The minimum Gasteiger partial charge on any atom is -0.369 e. The summed E-state index contributed by atoms with van der Waals surface area (Å²) >= 11 is 0. The Bertz CT molecular complexity index is 695. The molecule has 2 aromatic rings. The molecule has 1 atom stereocenters. The van der Waals surface area contributed by atoms with E-state index in [9.17, 15) is 4.39 Å². The van der Waals surface area contributed by atoms with Gasteiger partial charge in [0.05, 0.1) is 0 Å². The van der Waals surface area contributed by atoms with Crippen molar-refractivity contribution in [1.29, 1.82) is 5.26 Å². The van der Waals surface area contributed by atoms with Crippen molar-refractivity contribution in [3.63, 3.8) is 0 Å². The van der Waals surface area contributed by atoms with Gasteiger partial charge in [-0.2, -0.15) is 5.26 Å². The van der Waals surface area contributed by atoms with Crippen LogP contribution in [0.15, 0.2) is 42.5 Å². The number of benzene rings is 1. The molecule has 1 fully saturated rings. The summed E-state index contributed by atoms with van der Waals surface area (Å²) in [4.78, 5) is 6.43. The second kappa shape index (κ2) is 6.44. The zero-order chi connectivity index (χ0) is 15.4. The van der Waals surface area contributed by atoms with Crippen LogP contribution in [-0.2, 0) is 0 Å². The number of halogens is 1. The Labute approximate surface area is 129 Å². The lowest BCUT2D eigenvalue weighted by Crippen LogP contribution is -2.42. The number of aromatic nitrogens is 1. The van der Waals surface area contributed by atoms with Gasteiger partial charge in [0.15, 0.2) is 0 Å². The first-order valence-corrected chi connectivity index (χ1v) is 7.39. The van der Waals surface area contributed by atoms with Crippen LogP contribution >= 0.6 is 0 Å². The predicted molar refractivity (Wildman–Crippen MR) is 84.2 cm³/mol. The van der Waals surface area contributed by atoms with Crippen molar-refractivity contribution in [2.75, 3.05) is 23.3 Å². The van der Waals surface area contributed by atoms with Crippen molar-refractivity contribution in [2.45, 2.75) is 18.9 Å². The summed E-state index contributed by atoms with van der Waals surface area (Å²) in [6.07, 6.45) is 2.07. The fraction of sp³-hybridized carbons (Fsp3) is 0.294. The largest absolute Gasteiger partial charge is 0.369 e. The van der Waals surface area contributed by atoms with E-state index in [0.29, 0.717) is 11.5 Å². The molecule has 1 aromatic carbocycles. The molecule has 1 saturated heterocycles. The van der Waals surface area contributed by atoms with Crippen LogP contribution in [0.5, 0.6) is 0 Å². The van der Waals surface area contributed by atoms with Gasteiger partial charge in [-0.3, -0.25) is 0 Å². The molecule has 0 aliphatic carbocycles. The van der Waals surface area contributed by atoms with Gasteiger partial charge in [-0.25, -0.2) is 9.37 Å². The highest BCUT2D eigenvalue weighted by atomic mass is 19.1. The molecule has 2 heterocycles. The first kappa shape index (κ1) is 14.3. The molecule has 0 spiro atoms. The second-order valence-corrected chi connectivity index (χ2v) is 5.43. The van der Waals surface area contributed by atoms with Gasteiger partial charge in [0, 0.05) is 24.8 Å². The first-order chi connectivity index (χ1) is 10.7. The standard InChI is InChI=1S/C17H17FN4/c18-13-4-1-7-16(10-13)22-9-3-6-15(12-22)21-17-8-2-5-14(11-19)20-17/h1-2,4-5,7-8,10,15H,3,6,9,12H2,(H,20,21). The quantitative estimate of drug-likeness (QED) is 0.945. The Hall–Kier alpha value is -2.61. The van der Waals surface area contributed by atoms with Crippen molar-refractivity contribution < 1.29 is 4.39 Å². The SMILES string of the molecule is N#Cc1cccc(NC2CCCN(c3cccc(F)c3)C2)n1. The number of rotatable bonds is 3. The van der Waals surface area contributed by atoms with Crippen LogP contribution in [0.25, 0.3) is 0 Å². The number of pyridine rings is 1. The Morgan fingerprint density at radius 1 is 1.27 bits per heavy atom. The van der Waals surface area contributed by atoms with Crippen LogP contribution in [0.2, 0.25) is 0 Å². The molecule has 0 bridgehead atoms. The summed E-state index contributed by atoms with van der Waals surface area (Å²) < 4.78 is 13.4. The highest BCUT2D eigenvalue weighted by molar-refractivity contribution is 5.48.